The largest absolute Gasteiger partial charge is 0.412 e. The molecule has 0 bridgehead atoms. The van der Waals surface area contributed by atoms with Crippen LogP contribution in [0.5, 0.6) is 0 Å². The van der Waals surface area contributed by atoms with Gasteiger partial charge in [0.15, 0.2) is 6.04 Å². The number of hydrogen-bond donors (Lipinski definition) is 2. The lowest BCUT2D eigenvalue weighted by Gasteiger charge is -2.22. The second-order valence-electron chi connectivity index (χ2n) is 4.94. The molecule has 0 fully saturated rings. The van der Waals surface area contributed by atoms with Crippen LogP contribution in [0.2, 0.25) is 0 Å². The lowest BCUT2D eigenvalue weighted by molar-refractivity contribution is -0.155. The lowest BCUT2D eigenvalue weighted by atomic mass is 10.1. The number of nitrogens with two attached hydrogens (primary N) is 1. The number of halogens is 4. The van der Waals surface area contributed by atoms with Crippen LogP contribution in [0.3, 0.4) is 0 Å². The maximum atomic E-state index is 13.2. The lowest BCUT2D eigenvalue weighted by Crippen LogP contribution is -2.38. The number of rotatable bonds is 4. The smallest absolute Gasteiger partial charge is 0.366 e. The fourth-order valence-electron chi connectivity index (χ4n) is 2.01. The number of benzene rings is 2. The summed E-state index contributed by atoms with van der Waals surface area (Å²) in [5, 5.41) is 1.86. The van der Waals surface area contributed by atoms with E-state index in [0.29, 0.717) is 0 Å². The van der Waals surface area contributed by atoms with E-state index in [0.717, 1.165) is 24.3 Å². The molecule has 126 valence electrons. The third kappa shape index (κ3) is 4.09. The van der Waals surface area contributed by atoms with Crippen LogP contribution in [0.15, 0.2) is 48.5 Å². The Bertz CT molecular complexity index is 740. The molecule has 0 heterocycles. The average molecular weight is 340 g/mol. The highest BCUT2D eigenvalue weighted by Crippen LogP contribution is 2.33. The van der Waals surface area contributed by atoms with Crippen molar-refractivity contribution in [1.29, 1.82) is 0 Å². The Morgan fingerprint density at radius 1 is 0.917 bits per heavy atom. The monoisotopic (exact) mass is 340 g/mol. The fraction of sp³-hybridized carbons (Fsp3) is 0.125. The molecule has 1 atom stereocenters. The first kappa shape index (κ1) is 17.5. The quantitative estimate of drug-likeness (QED) is 0.840. The second kappa shape index (κ2) is 6.69. The first-order valence-electron chi connectivity index (χ1n) is 6.71. The minimum atomic E-state index is -4.76. The van der Waals surface area contributed by atoms with E-state index in [1.807, 2.05) is 5.32 Å². The third-order valence-corrected chi connectivity index (χ3v) is 3.24. The van der Waals surface area contributed by atoms with E-state index in [1.54, 1.807) is 0 Å². The van der Waals surface area contributed by atoms with Crippen LogP contribution in [-0.2, 0) is 0 Å². The molecule has 2 rings (SSSR count). The van der Waals surface area contributed by atoms with E-state index in [9.17, 15) is 27.2 Å². The molecule has 0 saturated carbocycles. The SMILES string of the molecule is NC(=O)c1ccc(C(=O)N[C@H](c2ccc(F)cc2)C(F)(F)F)cc1. The molecular formula is C16H12F4N2O2. The topological polar surface area (TPSA) is 72.2 Å². The molecule has 0 aliphatic carbocycles. The van der Waals surface area contributed by atoms with Gasteiger partial charge in [-0.1, -0.05) is 12.1 Å². The number of carbonyl (C=O) groups excluding carboxylic acids is 2. The molecule has 24 heavy (non-hydrogen) atoms. The van der Waals surface area contributed by atoms with E-state index in [2.05, 4.69) is 0 Å². The summed E-state index contributed by atoms with van der Waals surface area (Å²) < 4.78 is 52.4. The highest BCUT2D eigenvalue weighted by Gasteiger charge is 2.42. The summed E-state index contributed by atoms with van der Waals surface area (Å²) in [5.41, 5.74) is 4.80. The maximum absolute atomic E-state index is 13.2. The molecule has 0 saturated heterocycles. The number of amides is 2. The first-order valence-corrected chi connectivity index (χ1v) is 6.71. The van der Waals surface area contributed by atoms with Gasteiger partial charge >= 0.3 is 6.18 Å². The van der Waals surface area contributed by atoms with Crippen molar-refractivity contribution in [3.63, 3.8) is 0 Å². The second-order valence-corrected chi connectivity index (χ2v) is 4.94. The molecule has 0 unspecified atom stereocenters. The van der Waals surface area contributed by atoms with Gasteiger partial charge in [-0.2, -0.15) is 13.2 Å². The molecule has 4 nitrogen and oxygen atoms in total. The van der Waals surface area contributed by atoms with Gasteiger partial charge in [0.2, 0.25) is 5.91 Å². The molecule has 3 N–H and O–H groups in total. The van der Waals surface area contributed by atoms with E-state index in [-0.39, 0.29) is 16.7 Å². The Labute approximate surface area is 134 Å². The van der Waals surface area contributed by atoms with Crippen LogP contribution in [-0.4, -0.2) is 18.0 Å². The van der Waals surface area contributed by atoms with Crippen molar-refractivity contribution < 1.29 is 27.2 Å². The van der Waals surface area contributed by atoms with Crippen LogP contribution < -0.4 is 11.1 Å². The molecule has 0 aromatic heterocycles. The summed E-state index contributed by atoms with van der Waals surface area (Å²) in [6.07, 6.45) is -4.76. The van der Waals surface area contributed by atoms with Crippen molar-refractivity contribution in [3.8, 4) is 0 Å². The Kier molecular flexibility index (Phi) is 4.87. The molecule has 0 radical (unpaired) electrons. The van der Waals surface area contributed by atoms with Crippen LogP contribution in [0.25, 0.3) is 0 Å². The predicted octanol–water partition coefficient (Wildman–Crippen LogP) is 2.96. The Hall–Kier alpha value is -2.90. The fourth-order valence-corrected chi connectivity index (χ4v) is 2.01. The summed E-state index contributed by atoms with van der Waals surface area (Å²) in [6.45, 7) is 0. The Morgan fingerprint density at radius 2 is 1.42 bits per heavy atom. The van der Waals surface area contributed by atoms with Crippen molar-refractivity contribution in [3.05, 3.63) is 71.0 Å². The van der Waals surface area contributed by atoms with Gasteiger partial charge in [0, 0.05) is 11.1 Å². The van der Waals surface area contributed by atoms with Crippen LogP contribution in [0.1, 0.15) is 32.3 Å². The zero-order valence-corrected chi connectivity index (χ0v) is 12.1. The number of nitrogens with one attached hydrogen (secondary N) is 1. The first-order chi connectivity index (χ1) is 11.2. The summed E-state index contributed by atoms with van der Waals surface area (Å²) in [6, 6.07) is 6.20. The molecule has 2 amide bonds. The molecule has 2 aromatic carbocycles. The van der Waals surface area contributed by atoms with Crippen LogP contribution in [0, 0.1) is 5.82 Å². The van der Waals surface area contributed by atoms with Gasteiger partial charge in [-0.3, -0.25) is 9.59 Å². The zero-order valence-electron chi connectivity index (χ0n) is 12.1. The van der Waals surface area contributed by atoms with E-state index in [4.69, 9.17) is 5.73 Å². The summed E-state index contributed by atoms with van der Waals surface area (Å²) in [4.78, 5) is 23.0. The van der Waals surface area contributed by atoms with Gasteiger partial charge in [-0.15, -0.1) is 0 Å². The third-order valence-electron chi connectivity index (χ3n) is 3.24. The van der Waals surface area contributed by atoms with E-state index >= 15 is 0 Å². The van der Waals surface area contributed by atoms with Gasteiger partial charge in [0.25, 0.3) is 5.91 Å². The highest BCUT2D eigenvalue weighted by molar-refractivity contribution is 5.97. The van der Waals surface area contributed by atoms with Crippen molar-refractivity contribution in [2.45, 2.75) is 12.2 Å². The van der Waals surface area contributed by atoms with Crippen molar-refractivity contribution in [2.24, 2.45) is 5.73 Å². The normalized spacial score (nSPS) is 12.5. The molecule has 0 aliphatic heterocycles. The summed E-state index contributed by atoms with van der Waals surface area (Å²) >= 11 is 0. The number of carbonyl (C=O) groups is 2. The van der Waals surface area contributed by atoms with Crippen molar-refractivity contribution >= 4 is 11.8 Å². The summed E-state index contributed by atoms with van der Waals surface area (Å²) in [7, 11) is 0. The Morgan fingerprint density at radius 3 is 1.88 bits per heavy atom. The number of alkyl halides is 3. The van der Waals surface area contributed by atoms with Crippen molar-refractivity contribution in [1.82, 2.24) is 5.32 Å². The van der Waals surface area contributed by atoms with Gasteiger partial charge in [0.05, 0.1) is 0 Å². The average Bonchev–Trinajstić information content (AvgIpc) is 2.52. The van der Waals surface area contributed by atoms with Gasteiger partial charge < -0.3 is 11.1 Å². The van der Waals surface area contributed by atoms with Gasteiger partial charge in [-0.25, -0.2) is 4.39 Å². The van der Waals surface area contributed by atoms with Crippen LogP contribution in [0.4, 0.5) is 17.6 Å². The molecule has 8 heteroatoms. The summed E-state index contributed by atoms with van der Waals surface area (Å²) in [5.74, 6) is -2.40. The molecule has 2 aromatic rings. The molecular weight excluding hydrogens is 328 g/mol. The minimum Gasteiger partial charge on any atom is -0.366 e. The highest BCUT2D eigenvalue weighted by atomic mass is 19.4. The Balaban J connectivity index is 2.24. The van der Waals surface area contributed by atoms with E-state index in [1.165, 1.54) is 24.3 Å². The van der Waals surface area contributed by atoms with Crippen LogP contribution >= 0.6 is 0 Å². The van der Waals surface area contributed by atoms with Crippen molar-refractivity contribution in [2.75, 3.05) is 0 Å². The number of primary amides is 1. The predicted molar refractivity (Wildman–Crippen MR) is 77.6 cm³/mol. The minimum absolute atomic E-state index is 0.0728. The van der Waals surface area contributed by atoms with E-state index < -0.39 is 29.8 Å². The standard InChI is InChI=1S/C16H12F4N2O2/c17-12-7-5-9(6-8-12)13(16(18,19)20)22-15(24)11-3-1-10(2-4-11)14(21)23/h1-8,13H,(H2,21,23)(H,22,24)/t13-/m1/s1. The zero-order chi connectivity index (χ0) is 17.9. The van der Waals surface area contributed by atoms with Gasteiger partial charge in [0.1, 0.15) is 5.82 Å². The number of hydrogen-bond acceptors (Lipinski definition) is 2. The van der Waals surface area contributed by atoms with Gasteiger partial charge in [-0.05, 0) is 42.0 Å². The molecule has 0 aliphatic rings. The molecule has 0 spiro atoms. The maximum Gasteiger partial charge on any atom is 0.412 e.